The average Bonchev–Trinajstić information content (AvgIpc) is 2.75. The van der Waals surface area contributed by atoms with E-state index in [1.54, 1.807) is 19.9 Å². The Morgan fingerprint density at radius 2 is 2.00 bits per heavy atom. The normalized spacial score (nSPS) is 12.2. The standard InChI is InChI=1S/C17H18N2O2/c1-9-7-10(17(2,3)21)8-13-14(9)11-5-4-6-12(16(18)20)15(11)19-13/h4-8,19,21H,1-3H3,(H2,18,20). The van der Waals surface area contributed by atoms with Crippen molar-refractivity contribution in [1.82, 2.24) is 4.98 Å². The van der Waals surface area contributed by atoms with Crippen LogP contribution < -0.4 is 5.73 Å². The Bertz CT molecular complexity index is 870. The molecule has 0 aliphatic carbocycles. The number of carbonyl (C=O) groups excluding carboxylic acids is 1. The van der Waals surface area contributed by atoms with E-state index in [4.69, 9.17) is 5.73 Å². The van der Waals surface area contributed by atoms with Crippen molar-refractivity contribution in [2.45, 2.75) is 26.4 Å². The number of hydrogen-bond acceptors (Lipinski definition) is 2. The van der Waals surface area contributed by atoms with Gasteiger partial charge in [-0.1, -0.05) is 18.2 Å². The number of fused-ring (bicyclic) bond motifs is 3. The van der Waals surface area contributed by atoms with Gasteiger partial charge in [0.25, 0.3) is 5.91 Å². The highest BCUT2D eigenvalue weighted by atomic mass is 16.3. The Balaban J connectivity index is 2.44. The number of amides is 1. The lowest BCUT2D eigenvalue weighted by atomic mass is 9.94. The van der Waals surface area contributed by atoms with Crippen LogP contribution in [0.4, 0.5) is 0 Å². The number of nitrogens with two attached hydrogens (primary N) is 1. The van der Waals surface area contributed by atoms with Crippen LogP contribution in [0.15, 0.2) is 30.3 Å². The van der Waals surface area contributed by atoms with Gasteiger partial charge in [-0.3, -0.25) is 4.79 Å². The quantitative estimate of drug-likeness (QED) is 0.675. The molecule has 0 spiro atoms. The molecule has 0 fully saturated rings. The number of aromatic nitrogens is 1. The fourth-order valence-electron chi connectivity index (χ4n) is 2.83. The zero-order chi connectivity index (χ0) is 15.4. The smallest absolute Gasteiger partial charge is 0.250 e. The van der Waals surface area contributed by atoms with Gasteiger partial charge in [0, 0.05) is 16.3 Å². The number of aryl methyl sites for hydroxylation is 1. The topological polar surface area (TPSA) is 79.1 Å². The van der Waals surface area contributed by atoms with Crippen LogP contribution in [0.1, 0.15) is 35.3 Å². The number of rotatable bonds is 2. The van der Waals surface area contributed by atoms with Crippen molar-refractivity contribution in [3.8, 4) is 0 Å². The molecule has 108 valence electrons. The molecule has 3 aromatic rings. The zero-order valence-electron chi connectivity index (χ0n) is 12.3. The van der Waals surface area contributed by atoms with Crippen molar-refractivity contribution >= 4 is 27.7 Å². The Hall–Kier alpha value is -2.33. The van der Waals surface area contributed by atoms with E-state index < -0.39 is 11.5 Å². The number of nitrogens with one attached hydrogen (secondary N) is 1. The molecule has 0 saturated heterocycles. The number of aliphatic hydroxyl groups is 1. The predicted octanol–water partition coefficient (Wildman–Crippen LogP) is 2.96. The van der Waals surface area contributed by atoms with E-state index in [9.17, 15) is 9.90 Å². The molecule has 1 aromatic heterocycles. The molecule has 0 atom stereocenters. The van der Waals surface area contributed by atoms with Gasteiger partial charge in [-0.2, -0.15) is 0 Å². The molecule has 0 aliphatic heterocycles. The number of carbonyl (C=O) groups is 1. The third-order valence-corrected chi connectivity index (χ3v) is 3.90. The first-order valence-electron chi connectivity index (χ1n) is 6.87. The first kappa shape index (κ1) is 13.6. The molecule has 21 heavy (non-hydrogen) atoms. The third kappa shape index (κ3) is 2.08. The molecule has 2 aromatic carbocycles. The maximum atomic E-state index is 11.6. The zero-order valence-corrected chi connectivity index (χ0v) is 12.3. The van der Waals surface area contributed by atoms with Gasteiger partial charge in [0.1, 0.15) is 0 Å². The number of H-pyrrole nitrogens is 1. The van der Waals surface area contributed by atoms with Gasteiger partial charge < -0.3 is 15.8 Å². The SMILES string of the molecule is Cc1cc(C(C)(C)O)cc2[nH]c3c(C(N)=O)cccc3c12. The Kier molecular flexibility index (Phi) is 2.81. The van der Waals surface area contributed by atoms with Crippen molar-refractivity contribution in [2.75, 3.05) is 0 Å². The summed E-state index contributed by atoms with van der Waals surface area (Å²) >= 11 is 0. The highest BCUT2D eigenvalue weighted by molar-refractivity contribution is 6.15. The summed E-state index contributed by atoms with van der Waals surface area (Å²) in [5.41, 5.74) is 8.54. The Labute approximate surface area is 122 Å². The van der Waals surface area contributed by atoms with Gasteiger partial charge >= 0.3 is 0 Å². The molecule has 3 rings (SSSR count). The van der Waals surface area contributed by atoms with Crippen molar-refractivity contribution < 1.29 is 9.90 Å². The van der Waals surface area contributed by atoms with Gasteiger partial charge in [-0.25, -0.2) is 0 Å². The van der Waals surface area contributed by atoms with E-state index in [2.05, 4.69) is 4.98 Å². The van der Waals surface area contributed by atoms with Crippen molar-refractivity contribution in [3.05, 3.63) is 47.0 Å². The van der Waals surface area contributed by atoms with Crippen LogP contribution >= 0.6 is 0 Å². The molecule has 0 radical (unpaired) electrons. The first-order valence-corrected chi connectivity index (χ1v) is 6.87. The molecule has 0 saturated carbocycles. The van der Waals surface area contributed by atoms with Crippen LogP contribution in [0.2, 0.25) is 0 Å². The lowest BCUT2D eigenvalue weighted by molar-refractivity contribution is 0.0786. The number of benzene rings is 2. The predicted molar refractivity (Wildman–Crippen MR) is 84.3 cm³/mol. The van der Waals surface area contributed by atoms with Crippen LogP contribution in [0, 0.1) is 6.92 Å². The summed E-state index contributed by atoms with van der Waals surface area (Å²) in [5.74, 6) is -0.451. The van der Waals surface area contributed by atoms with Crippen molar-refractivity contribution in [3.63, 3.8) is 0 Å². The molecule has 0 bridgehead atoms. The van der Waals surface area contributed by atoms with Gasteiger partial charge in [-0.05, 0) is 44.0 Å². The fraction of sp³-hybridized carbons (Fsp3) is 0.235. The molecular formula is C17H18N2O2. The average molecular weight is 282 g/mol. The molecule has 4 nitrogen and oxygen atoms in total. The molecule has 1 amide bonds. The van der Waals surface area contributed by atoms with E-state index >= 15 is 0 Å². The Morgan fingerprint density at radius 1 is 1.29 bits per heavy atom. The van der Waals surface area contributed by atoms with Crippen LogP contribution in [0.5, 0.6) is 0 Å². The first-order chi connectivity index (χ1) is 9.79. The minimum atomic E-state index is -0.914. The van der Waals surface area contributed by atoms with E-state index in [-0.39, 0.29) is 0 Å². The Morgan fingerprint density at radius 3 is 2.62 bits per heavy atom. The largest absolute Gasteiger partial charge is 0.386 e. The van der Waals surface area contributed by atoms with E-state index in [0.29, 0.717) is 5.56 Å². The second kappa shape index (κ2) is 4.33. The summed E-state index contributed by atoms with van der Waals surface area (Å²) < 4.78 is 0. The van der Waals surface area contributed by atoms with Crippen LogP contribution in [-0.4, -0.2) is 16.0 Å². The summed E-state index contributed by atoms with van der Waals surface area (Å²) in [6.07, 6.45) is 0. The highest BCUT2D eigenvalue weighted by Crippen LogP contribution is 2.33. The summed E-state index contributed by atoms with van der Waals surface area (Å²) in [6.45, 7) is 5.51. The summed E-state index contributed by atoms with van der Waals surface area (Å²) in [4.78, 5) is 14.8. The minimum absolute atomic E-state index is 0.451. The van der Waals surface area contributed by atoms with Crippen LogP contribution in [0.3, 0.4) is 0 Å². The lowest BCUT2D eigenvalue weighted by Crippen LogP contribution is -2.15. The third-order valence-electron chi connectivity index (χ3n) is 3.90. The maximum Gasteiger partial charge on any atom is 0.250 e. The van der Waals surface area contributed by atoms with Gasteiger partial charge in [0.05, 0.1) is 16.7 Å². The number of hydrogen-bond donors (Lipinski definition) is 3. The molecule has 0 unspecified atom stereocenters. The molecule has 0 aliphatic rings. The number of para-hydroxylation sites is 1. The minimum Gasteiger partial charge on any atom is -0.386 e. The summed E-state index contributed by atoms with van der Waals surface area (Å²) in [6, 6.07) is 9.42. The van der Waals surface area contributed by atoms with Gasteiger partial charge in [-0.15, -0.1) is 0 Å². The second-order valence-electron chi connectivity index (χ2n) is 5.99. The lowest BCUT2D eigenvalue weighted by Gasteiger charge is -2.18. The van der Waals surface area contributed by atoms with Crippen LogP contribution in [0.25, 0.3) is 21.8 Å². The summed E-state index contributed by atoms with van der Waals surface area (Å²) in [5, 5.41) is 12.2. The number of aromatic amines is 1. The fourth-order valence-corrected chi connectivity index (χ4v) is 2.83. The van der Waals surface area contributed by atoms with E-state index in [1.165, 1.54) is 0 Å². The second-order valence-corrected chi connectivity index (χ2v) is 5.99. The maximum absolute atomic E-state index is 11.6. The molecule has 4 heteroatoms. The summed E-state index contributed by atoms with van der Waals surface area (Å²) in [7, 11) is 0. The molecule has 1 heterocycles. The van der Waals surface area contributed by atoms with Gasteiger partial charge in [0.2, 0.25) is 0 Å². The van der Waals surface area contributed by atoms with Crippen molar-refractivity contribution in [2.24, 2.45) is 5.73 Å². The number of primary amides is 1. The van der Waals surface area contributed by atoms with Gasteiger partial charge in [0.15, 0.2) is 0 Å². The monoisotopic (exact) mass is 282 g/mol. The van der Waals surface area contributed by atoms with E-state index in [1.807, 2.05) is 31.2 Å². The van der Waals surface area contributed by atoms with Crippen LogP contribution in [-0.2, 0) is 5.60 Å². The van der Waals surface area contributed by atoms with E-state index in [0.717, 1.165) is 32.9 Å². The molecular weight excluding hydrogens is 264 g/mol. The highest BCUT2D eigenvalue weighted by Gasteiger charge is 2.19. The molecule has 4 N–H and O–H groups in total. The van der Waals surface area contributed by atoms with Crippen molar-refractivity contribution in [1.29, 1.82) is 0 Å².